The molecule has 3 N–H and O–H groups in total. The number of rotatable bonds is 10. The first-order chi connectivity index (χ1) is 30.8. The number of pyridine rings is 2. The molecule has 1 aliphatic carbocycles. The lowest BCUT2D eigenvalue weighted by molar-refractivity contribution is -0.691. The Morgan fingerprint density at radius 2 is 1.59 bits per heavy atom. The largest absolute Gasteiger partial charge is 0.380 e. The third-order valence-corrected chi connectivity index (χ3v) is 19.0. The number of aryl methyl sites for hydroxylation is 4. The molecule has 4 fully saturated rings. The van der Waals surface area contributed by atoms with Gasteiger partial charge in [-0.25, -0.2) is 14.1 Å². The number of ether oxygens (including phenoxy) is 1. The maximum atomic E-state index is 6.04. The molecule has 2 unspecified atom stereocenters. The maximum absolute atomic E-state index is 6.04. The highest BCUT2D eigenvalue weighted by molar-refractivity contribution is 7.19. The van der Waals surface area contributed by atoms with Crippen molar-refractivity contribution in [3.05, 3.63) is 79.8 Å². The molecule has 11 nitrogen and oxygen atoms in total. The molecule has 8 aromatic rings. The van der Waals surface area contributed by atoms with Crippen LogP contribution in [-0.2, 0) is 16.7 Å². The van der Waals surface area contributed by atoms with Gasteiger partial charge in [0.25, 0.3) is 12.0 Å². The topological polar surface area (TPSA) is 107 Å². The molecule has 12 rings (SSSR count). The highest BCUT2D eigenvalue weighted by Gasteiger charge is 2.57. The van der Waals surface area contributed by atoms with Crippen molar-refractivity contribution in [3.8, 4) is 22.5 Å². The number of nitrogens with one attached hydrogen (secondary N) is 3. The van der Waals surface area contributed by atoms with Gasteiger partial charge in [0, 0.05) is 60.5 Å². The first-order valence-electron chi connectivity index (χ1n) is 23.8. The normalized spacial score (nSPS) is 21.7. The van der Waals surface area contributed by atoms with Crippen molar-refractivity contribution in [2.45, 2.75) is 118 Å². The van der Waals surface area contributed by atoms with Gasteiger partial charge in [0.15, 0.2) is 5.65 Å². The van der Waals surface area contributed by atoms with Crippen LogP contribution in [0.15, 0.2) is 31.1 Å². The van der Waals surface area contributed by atoms with Crippen LogP contribution in [0.1, 0.15) is 120 Å². The SMILES string of the molecule is Cc1c(-c2[nH]c3sc(C45CCNCC4C5)c(C)c3c2C(C)C)cn2nc[n+](CC3(CN4CCC(c5sc6[nH]c(-c7cc(C)c8ncnn8c7)c(C(C)C)c6c5C)CC4)COC3)c2c1C. The molecule has 8 aromatic heterocycles. The fourth-order valence-electron chi connectivity index (χ4n) is 12.7. The first-order valence-corrected chi connectivity index (χ1v) is 25.5. The monoisotopic (exact) mass is 895 g/mol. The summed E-state index contributed by atoms with van der Waals surface area (Å²) in [6, 6.07) is 2.25. The van der Waals surface area contributed by atoms with Gasteiger partial charge in [-0.2, -0.15) is 5.10 Å². The summed E-state index contributed by atoms with van der Waals surface area (Å²) in [7, 11) is 0. The number of fused-ring (bicyclic) bond motifs is 5. The Labute approximate surface area is 383 Å². The van der Waals surface area contributed by atoms with E-state index >= 15 is 0 Å². The van der Waals surface area contributed by atoms with Crippen LogP contribution in [-0.4, -0.2) is 85.0 Å². The standard InChI is InChI=1S/C51H63N10OS2/c1-27(2)38-40-32(8)44(63-47(40)56-42(38)35-16-29(5)46-53-25-54-60(46)19-35)34-10-14-58(15-11-34)21-50(23-62-24-50)22-59-26-55-61-20-37(30(6)31(7)49(59)61)43-39(28(3)4)41-33(9)45(64-48(41)57-43)51-12-13-52-18-36(51)17-51/h16,19-20,25-28,34,36,52,56-57H,10-15,17-18,21-24H2,1-9H3/q+1. The Morgan fingerprint density at radius 3 is 2.33 bits per heavy atom. The van der Waals surface area contributed by atoms with E-state index in [2.05, 4.69) is 126 Å². The van der Waals surface area contributed by atoms with Crippen molar-refractivity contribution in [1.29, 1.82) is 0 Å². The van der Waals surface area contributed by atoms with E-state index in [1.165, 1.54) is 114 Å². The van der Waals surface area contributed by atoms with Crippen LogP contribution in [0.5, 0.6) is 0 Å². The Balaban J connectivity index is 0.775. The average molecular weight is 896 g/mol. The molecule has 0 spiro atoms. The van der Waals surface area contributed by atoms with E-state index in [1.54, 1.807) is 16.1 Å². The van der Waals surface area contributed by atoms with Crippen LogP contribution >= 0.6 is 22.7 Å². The zero-order valence-electron chi connectivity index (χ0n) is 39.0. The van der Waals surface area contributed by atoms with Crippen molar-refractivity contribution in [2.24, 2.45) is 11.3 Å². The Hall–Kier alpha value is -4.40. The van der Waals surface area contributed by atoms with Crippen molar-refractivity contribution in [1.82, 2.24) is 44.4 Å². The molecule has 0 amide bonds. The second-order valence-electron chi connectivity index (χ2n) is 21.0. The summed E-state index contributed by atoms with van der Waals surface area (Å²) >= 11 is 4.03. The zero-order chi connectivity index (χ0) is 44.0. The van der Waals surface area contributed by atoms with Crippen LogP contribution in [0.4, 0.5) is 0 Å². The lowest BCUT2D eigenvalue weighted by Crippen LogP contribution is -2.59. The van der Waals surface area contributed by atoms with Gasteiger partial charge in [-0.15, -0.1) is 22.7 Å². The van der Waals surface area contributed by atoms with Gasteiger partial charge in [0.2, 0.25) is 0 Å². The lowest BCUT2D eigenvalue weighted by Gasteiger charge is -2.45. The van der Waals surface area contributed by atoms with Gasteiger partial charge in [0.1, 0.15) is 22.2 Å². The summed E-state index contributed by atoms with van der Waals surface area (Å²) in [4.78, 5) is 20.9. The number of piperidine rings is 2. The van der Waals surface area contributed by atoms with E-state index in [0.29, 0.717) is 23.2 Å². The lowest BCUT2D eigenvalue weighted by atomic mass is 9.83. The van der Waals surface area contributed by atoms with Gasteiger partial charge in [-0.1, -0.05) is 32.2 Å². The Morgan fingerprint density at radius 1 is 0.859 bits per heavy atom. The number of thiophene rings is 2. The predicted molar refractivity (Wildman–Crippen MR) is 260 cm³/mol. The van der Waals surface area contributed by atoms with E-state index in [-0.39, 0.29) is 5.41 Å². The van der Waals surface area contributed by atoms with E-state index in [1.807, 2.05) is 27.2 Å². The van der Waals surface area contributed by atoms with Crippen molar-refractivity contribution in [2.75, 3.05) is 45.9 Å². The van der Waals surface area contributed by atoms with E-state index in [4.69, 9.17) is 9.84 Å². The summed E-state index contributed by atoms with van der Waals surface area (Å²) in [6.07, 6.45) is 13.1. The quantitative estimate of drug-likeness (QED) is 0.118. The highest BCUT2D eigenvalue weighted by atomic mass is 32.1. The smallest absolute Gasteiger partial charge is 0.268 e. The molecule has 0 radical (unpaired) electrons. The molecule has 334 valence electrons. The van der Waals surface area contributed by atoms with Crippen molar-refractivity contribution < 1.29 is 9.30 Å². The number of hydrogen-bond acceptors (Lipinski definition) is 8. The summed E-state index contributed by atoms with van der Waals surface area (Å²) in [5, 5.41) is 16.0. The number of H-pyrrole nitrogens is 2. The minimum absolute atomic E-state index is 0.0727. The van der Waals surface area contributed by atoms with Crippen LogP contribution in [0, 0.1) is 46.0 Å². The van der Waals surface area contributed by atoms with Crippen LogP contribution < -0.4 is 9.88 Å². The van der Waals surface area contributed by atoms with E-state index in [9.17, 15) is 0 Å². The Kier molecular flexibility index (Phi) is 9.50. The molecule has 3 aliphatic heterocycles. The number of hydrogen-bond donors (Lipinski definition) is 3. The third-order valence-electron chi connectivity index (χ3n) is 16.2. The van der Waals surface area contributed by atoms with Gasteiger partial charge in [-0.3, -0.25) is 0 Å². The second-order valence-corrected chi connectivity index (χ2v) is 23.1. The molecular formula is C51H63N10OS2+. The number of aromatic nitrogens is 8. The maximum Gasteiger partial charge on any atom is 0.268 e. The molecule has 0 aromatic carbocycles. The minimum atomic E-state index is 0.0727. The summed E-state index contributed by atoms with van der Waals surface area (Å²) in [5.41, 5.74) is 17.1. The summed E-state index contributed by atoms with van der Waals surface area (Å²) in [6.45, 7) is 29.0. The van der Waals surface area contributed by atoms with Crippen molar-refractivity contribution in [3.63, 3.8) is 0 Å². The van der Waals surface area contributed by atoms with Gasteiger partial charge >= 0.3 is 0 Å². The summed E-state index contributed by atoms with van der Waals surface area (Å²) < 4.78 is 12.5. The molecule has 3 saturated heterocycles. The molecular weight excluding hydrogens is 833 g/mol. The predicted octanol–water partition coefficient (Wildman–Crippen LogP) is 10.0. The van der Waals surface area contributed by atoms with Crippen LogP contribution in [0.25, 0.3) is 54.2 Å². The third kappa shape index (κ3) is 6.12. The van der Waals surface area contributed by atoms with Crippen LogP contribution in [0.3, 0.4) is 0 Å². The fraction of sp³-hybridized carbons (Fsp3) is 0.529. The van der Waals surface area contributed by atoms with Gasteiger partial charge in [-0.05, 0) is 150 Å². The molecule has 4 aliphatic rings. The highest BCUT2D eigenvalue weighted by Crippen LogP contribution is 2.62. The van der Waals surface area contributed by atoms with E-state index in [0.717, 1.165) is 63.1 Å². The van der Waals surface area contributed by atoms with E-state index < -0.39 is 0 Å². The fourth-order valence-corrected chi connectivity index (χ4v) is 15.6. The molecule has 13 heteroatoms. The molecule has 1 saturated carbocycles. The molecule has 0 bridgehead atoms. The number of likely N-dealkylation sites (tertiary alicyclic amines) is 1. The zero-order valence-corrected chi connectivity index (χ0v) is 40.7. The van der Waals surface area contributed by atoms with Crippen LogP contribution in [0.2, 0.25) is 0 Å². The number of aromatic amines is 2. The molecule has 11 heterocycles. The number of nitrogens with zero attached hydrogens (tertiary/aromatic N) is 7. The van der Waals surface area contributed by atoms with Gasteiger partial charge in [0.05, 0.1) is 36.6 Å². The summed E-state index contributed by atoms with van der Waals surface area (Å²) in [5.74, 6) is 2.17. The second kappa shape index (κ2) is 14.8. The molecule has 2 atom stereocenters. The first kappa shape index (κ1) is 41.1. The average Bonchev–Trinajstić information content (AvgIpc) is 3.91. The molecule has 64 heavy (non-hydrogen) atoms. The minimum Gasteiger partial charge on any atom is -0.380 e. The van der Waals surface area contributed by atoms with Crippen molar-refractivity contribution >= 4 is 54.4 Å². The van der Waals surface area contributed by atoms with Gasteiger partial charge < -0.3 is 24.9 Å². The Bertz CT molecular complexity index is 3140.